The van der Waals surface area contributed by atoms with Crippen LogP contribution in [0.15, 0.2) is 41.2 Å². The number of anilines is 2. The van der Waals surface area contributed by atoms with Gasteiger partial charge in [-0.25, -0.2) is 0 Å². The maximum absolute atomic E-state index is 13.9. The smallest absolute Gasteiger partial charge is 0.253 e. The van der Waals surface area contributed by atoms with Gasteiger partial charge in [0.25, 0.3) is 11.5 Å². The van der Waals surface area contributed by atoms with Gasteiger partial charge in [0, 0.05) is 47.3 Å². The maximum atomic E-state index is 13.9. The van der Waals surface area contributed by atoms with Gasteiger partial charge in [-0.05, 0) is 130 Å². The Morgan fingerprint density at radius 3 is 2.48 bits per heavy atom. The fourth-order valence-corrected chi connectivity index (χ4v) is 8.43. The molecule has 0 saturated carbocycles. The standard InChI is InChI=1S/C35H43N5O3S/c1-5-40(26-8-14-44-15-9-26)31-19-25(24-6-7-29-30(18-24)39-34(43)35(29)10-12-36-13-11-35)17-27(23(31)4)32(41)37-20-28-21(2)16-22(3)38-33(28)42/h6-7,16-19,26,36H,5,8-15,20H2,1-4H3,(H,37,41)(H,38,42)(H,39,43). The quantitative estimate of drug-likeness (QED) is 0.292. The van der Waals surface area contributed by atoms with E-state index in [4.69, 9.17) is 0 Å². The van der Waals surface area contributed by atoms with Crippen LogP contribution < -0.4 is 26.4 Å². The van der Waals surface area contributed by atoms with Crippen LogP contribution >= 0.6 is 11.8 Å². The van der Waals surface area contributed by atoms with Crippen molar-refractivity contribution in [1.29, 1.82) is 0 Å². The number of H-pyrrole nitrogens is 1. The van der Waals surface area contributed by atoms with E-state index in [1.54, 1.807) is 0 Å². The van der Waals surface area contributed by atoms with Gasteiger partial charge >= 0.3 is 0 Å². The molecule has 8 nitrogen and oxygen atoms in total. The van der Waals surface area contributed by atoms with Crippen molar-refractivity contribution in [3.05, 3.63) is 80.3 Å². The molecule has 9 heteroatoms. The Labute approximate surface area is 263 Å². The molecule has 4 heterocycles. The monoisotopic (exact) mass is 613 g/mol. The van der Waals surface area contributed by atoms with Gasteiger partial charge in [0.15, 0.2) is 0 Å². The fourth-order valence-electron chi connectivity index (χ4n) is 7.35. The van der Waals surface area contributed by atoms with Crippen molar-refractivity contribution >= 4 is 35.0 Å². The summed E-state index contributed by atoms with van der Waals surface area (Å²) in [5.74, 6) is 2.16. The number of hydrogen-bond acceptors (Lipinski definition) is 6. The van der Waals surface area contributed by atoms with E-state index in [9.17, 15) is 14.4 Å². The molecule has 0 unspecified atom stereocenters. The molecule has 44 heavy (non-hydrogen) atoms. The minimum atomic E-state index is -0.466. The Morgan fingerprint density at radius 1 is 1.02 bits per heavy atom. The summed E-state index contributed by atoms with van der Waals surface area (Å²) >= 11 is 2.01. The highest BCUT2D eigenvalue weighted by molar-refractivity contribution is 7.99. The van der Waals surface area contributed by atoms with E-state index >= 15 is 0 Å². The number of nitrogens with zero attached hydrogens (tertiary/aromatic N) is 1. The van der Waals surface area contributed by atoms with E-state index in [-0.39, 0.29) is 23.9 Å². The summed E-state index contributed by atoms with van der Waals surface area (Å²) in [6.45, 7) is 10.6. The van der Waals surface area contributed by atoms with E-state index < -0.39 is 5.41 Å². The highest BCUT2D eigenvalue weighted by atomic mass is 32.2. The lowest BCUT2D eigenvalue weighted by Crippen LogP contribution is -2.44. The molecular weight excluding hydrogens is 570 g/mol. The number of carbonyl (C=O) groups excluding carboxylic acids is 2. The number of amides is 2. The number of thioether (sulfide) groups is 1. The number of nitrogens with one attached hydrogen (secondary N) is 4. The topological polar surface area (TPSA) is 106 Å². The largest absolute Gasteiger partial charge is 0.369 e. The first-order valence-corrected chi connectivity index (χ1v) is 17.0. The Morgan fingerprint density at radius 2 is 1.77 bits per heavy atom. The zero-order valence-electron chi connectivity index (χ0n) is 26.2. The molecule has 2 fully saturated rings. The Kier molecular flexibility index (Phi) is 8.61. The first-order chi connectivity index (χ1) is 21.2. The van der Waals surface area contributed by atoms with E-state index in [1.807, 2.05) is 44.7 Å². The molecule has 2 aromatic carbocycles. The lowest BCUT2D eigenvalue weighted by Gasteiger charge is -2.37. The Hall–Kier alpha value is -3.56. The number of aromatic amines is 1. The summed E-state index contributed by atoms with van der Waals surface area (Å²) in [6.07, 6.45) is 3.80. The van der Waals surface area contributed by atoms with Gasteiger partial charge in [-0.15, -0.1) is 0 Å². The van der Waals surface area contributed by atoms with Crippen molar-refractivity contribution in [2.75, 3.05) is 41.4 Å². The molecule has 3 aliphatic rings. The Bertz CT molecular complexity index is 1650. The third kappa shape index (κ3) is 5.56. The first-order valence-electron chi connectivity index (χ1n) is 15.9. The van der Waals surface area contributed by atoms with Crippen molar-refractivity contribution in [1.82, 2.24) is 15.6 Å². The molecule has 3 aliphatic heterocycles. The maximum Gasteiger partial charge on any atom is 0.253 e. The number of carbonyl (C=O) groups is 2. The van der Waals surface area contributed by atoms with Gasteiger partial charge in [0.1, 0.15) is 0 Å². The molecule has 2 amide bonds. The van der Waals surface area contributed by atoms with Gasteiger partial charge in [-0.1, -0.05) is 12.1 Å². The summed E-state index contributed by atoms with van der Waals surface area (Å²) in [5.41, 5.74) is 8.03. The van der Waals surface area contributed by atoms with Crippen LogP contribution in [0.2, 0.25) is 0 Å². The molecule has 4 N–H and O–H groups in total. The van der Waals surface area contributed by atoms with Gasteiger partial charge in [0.2, 0.25) is 5.91 Å². The van der Waals surface area contributed by atoms with Gasteiger partial charge in [-0.3, -0.25) is 14.4 Å². The molecule has 0 radical (unpaired) electrons. The van der Waals surface area contributed by atoms with Crippen LogP contribution in [0, 0.1) is 20.8 Å². The van der Waals surface area contributed by atoms with Gasteiger partial charge in [0.05, 0.1) is 5.41 Å². The summed E-state index contributed by atoms with van der Waals surface area (Å²) in [7, 11) is 0. The number of benzene rings is 2. The lowest BCUT2D eigenvalue weighted by atomic mass is 9.74. The van der Waals surface area contributed by atoms with E-state index in [0.29, 0.717) is 17.2 Å². The number of aryl methyl sites for hydroxylation is 2. The molecular formula is C35H43N5O3S. The molecule has 1 aromatic heterocycles. The molecule has 232 valence electrons. The summed E-state index contributed by atoms with van der Waals surface area (Å²) in [4.78, 5) is 45.1. The SMILES string of the molecule is CCN(c1cc(-c2ccc3c(c2)NC(=O)C32CCNCC2)cc(C(=O)NCc2c(C)cc(C)[nH]c2=O)c1C)C1CCSCC1. The zero-order valence-corrected chi connectivity index (χ0v) is 27.0. The number of rotatable bonds is 7. The lowest BCUT2D eigenvalue weighted by molar-refractivity contribution is -0.121. The molecule has 3 aromatic rings. The van der Waals surface area contributed by atoms with Crippen LogP contribution in [0.25, 0.3) is 11.1 Å². The minimum Gasteiger partial charge on any atom is -0.369 e. The van der Waals surface area contributed by atoms with Crippen molar-refractivity contribution in [3.8, 4) is 11.1 Å². The van der Waals surface area contributed by atoms with Crippen LogP contribution in [0.3, 0.4) is 0 Å². The van der Waals surface area contributed by atoms with Crippen molar-refractivity contribution < 1.29 is 9.59 Å². The average molecular weight is 614 g/mol. The summed E-state index contributed by atoms with van der Waals surface area (Å²) in [6, 6.07) is 12.8. The third-order valence-corrected chi connectivity index (χ3v) is 10.9. The van der Waals surface area contributed by atoms with E-state index in [2.05, 4.69) is 57.0 Å². The van der Waals surface area contributed by atoms with Crippen LogP contribution in [0.4, 0.5) is 11.4 Å². The van der Waals surface area contributed by atoms with Crippen LogP contribution in [-0.2, 0) is 16.8 Å². The van der Waals surface area contributed by atoms with E-state index in [0.717, 1.165) is 102 Å². The second-order valence-corrected chi connectivity index (χ2v) is 13.7. The van der Waals surface area contributed by atoms with Crippen molar-refractivity contribution in [3.63, 3.8) is 0 Å². The molecule has 0 atom stereocenters. The first kappa shape index (κ1) is 30.5. The van der Waals surface area contributed by atoms with Crippen LogP contribution in [0.5, 0.6) is 0 Å². The van der Waals surface area contributed by atoms with Crippen molar-refractivity contribution in [2.45, 2.75) is 71.4 Å². The summed E-state index contributed by atoms with van der Waals surface area (Å²) in [5, 5.41) is 9.60. The second kappa shape index (κ2) is 12.4. The molecule has 0 aliphatic carbocycles. The van der Waals surface area contributed by atoms with Crippen LogP contribution in [0.1, 0.15) is 70.9 Å². The van der Waals surface area contributed by atoms with E-state index in [1.165, 1.54) is 0 Å². The van der Waals surface area contributed by atoms with Gasteiger partial charge < -0.3 is 25.8 Å². The molecule has 2 saturated heterocycles. The van der Waals surface area contributed by atoms with Crippen molar-refractivity contribution in [2.24, 2.45) is 0 Å². The number of hydrogen-bond donors (Lipinski definition) is 4. The Balaban J connectivity index is 1.39. The number of aromatic nitrogens is 1. The molecule has 1 spiro atoms. The molecule has 0 bridgehead atoms. The van der Waals surface area contributed by atoms with Crippen LogP contribution in [-0.4, -0.2) is 54.0 Å². The number of piperidine rings is 1. The summed E-state index contributed by atoms with van der Waals surface area (Å²) < 4.78 is 0. The molecule has 6 rings (SSSR count). The normalized spacial score (nSPS) is 17.8. The second-order valence-electron chi connectivity index (χ2n) is 12.5. The predicted octanol–water partition coefficient (Wildman–Crippen LogP) is 5.19. The average Bonchev–Trinajstić information content (AvgIpc) is 3.27. The predicted molar refractivity (Wildman–Crippen MR) is 180 cm³/mol. The third-order valence-electron chi connectivity index (χ3n) is 9.83. The number of fused-ring (bicyclic) bond motifs is 2. The highest BCUT2D eigenvalue weighted by Gasteiger charge is 2.47. The van der Waals surface area contributed by atoms with Gasteiger partial charge in [-0.2, -0.15) is 11.8 Å². The number of pyridine rings is 1. The zero-order chi connectivity index (χ0) is 31.0. The highest BCUT2D eigenvalue weighted by Crippen LogP contribution is 2.45. The fraction of sp³-hybridized carbons (Fsp3) is 0.457. The minimum absolute atomic E-state index is 0.0875.